The van der Waals surface area contributed by atoms with Crippen LogP contribution in [0.1, 0.15) is 13.8 Å². The van der Waals surface area contributed by atoms with Crippen LogP contribution in [-0.4, -0.2) is 25.8 Å². The molecule has 1 aliphatic rings. The zero-order valence-electron chi connectivity index (χ0n) is 10.6. The van der Waals surface area contributed by atoms with Gasteiger partial charge in [0.1, 0.15) is 4.90 Å². The molecule has 100 valence electrons. The van der Waals surface area contributed by atoms with Crippen LogP contribution in [0.2, 0.25) is 0 Å². The van der Waals surface area contributed by atoms with Crippen molar-refractivity contribution < 1.29 is 8.42 Å². The molecule has 0 spiro atoms. The van der Waals surface area contributed by atoms with Crippen molar-refractivity contribution in [3.8, 4) is 0 Å². The Hall–Kier alpha value is -1.11. The quantitative estimate of drug-likeness (QED) is 0.639. The highest BCUT2D eigenvalue weighted by molar-refractivity contribution is 7.89. The highest BCUT2D eigenvalue weighted by Gasteiger charge is 2.35. The fourth-order valence-corrected chi connectivity index (χ4v) is 4.02. The van der Waals surface area contributed by atoms with E-state index in [0.717, 1.165) is 0 Å². The van der Waals surface area contributed by atoms with Gasteiger partial charge in [-0.15, -0.1) is 0 Å². The van der Waals surface area contributed by atoms with Crippen molar-refractivity contribution in [3.63, 3.8) is 0 Å². The SMILES string of the molecule is CC1CN(S(=O)(=O)c2ccccc2NN)CC1C. The third-order valence-corrected chi connectivity index (χ3v) is 5.50. The van der Waals surface area contributed by atoms with Crippen molar-refractivity contribution in [1.82, 2.24) is 4.31 Å². The summed E-state index contributed by atoms with van der Waals surface area (Å²) in [6, 6.07) is 6.70. The Morgan fingerprint density at radius 2 is 1.78 bits per heavy atom. The highest BCUT2D eigenvalue weighted by Crippen LogP contribution is 2.30. The number of nitrogens with two attached hydrogens (primary N) is 1. The van der Waals surface area contributed by atoms with Crippen LogP contribution in [0.25, 0.3) is 0 Å². The van der Waals surface area contributed by atoms with Gasteiger partial charge in [-0.2, -0.15) is 4.31 Å². The summed E-state index contributed by atoms with van der Waals surface area (Å²) >= 11 is 0. The van der Waals surface area contributed by atoms with Crippen LogP contribution >= 0.6 is 0 Å². The second-order valence-corrected chi connectivity index (χ2v) is 6.82. The third kappa shape index (κ3) is 2.23. The first-order valence-electron chi connectivity index (χ1n) is 6.02. The summed E-state index contributed by atoms with van der Waals surface area (Å²) < 4.78 is 26.6. The van der Waals surface area contributed by atoms with Gasteiger partial charge in [0.05, 0.1) is 5.69 Å². The summed E-state index contributed by atoms with van der Waals surface area (Å²) in [7, 11) is -3.46. The molecule has 1 saturated heterocycles. The van der Waals surface area contributed by atoms with Gasteiger partial charge in [-0.1, -0.05) is 26.0 Å². The van der Waals surface area contributed by atoms with Crippen molar-refractivity contribution in [3.05, 3.63) is 24.3 Å². The number of sulfonamides is 1. The van der Waals surface area contributed by atoms with Gasteiger partial charge in [-0.3, -0.25) is 5.84 Å². The molecule has 1 aromatic carbocycles. The fourth-order valence-electron chi connectivity index (χ4n) is 2.22. The van der Waals surface area contributed by atoms with Crippen molar-refractivity contribution in [2.45, 2.75) is 18.7 Å². The van der Waals surface area contributed by atoms with Crippen LogP contribution in [0.5, 0.6) is 0 Å². The normalized spacial score (nSPS) is 25.3. The van der Waals surface area contributed by atoms with Crippen LogP contribution in [0, 0.1) is 11.8 Å². The molecule has 0 amide bonds. The molecule has 5 nitrogen and oxygen atoms in total. The van der Waals surface area contributed by atoms with E-state index >= 15 is 0 Å². The summed E-state index contributed by atoms with van der Waals surface area (Å²) in [5.41, 5.74) is 2.88. The number of benzene rings is 1. The minimum Gasteiger partial charge on any atom is -0.323 e. The molecule has 1 heterocycles. The maximum atomic E-state index is 12.5. The molecule has 2 rings (SSSR count). The first-order valence-corrected chi connectivity index (χ1v) is 7.46. The zero-order chi connectivity index (χ0) is 13.3. The van der Waals surface area contributed by atoms with E-state index in [1.54, 1.807) is 28.6 Å². The smallest absolute Gasteiger partial charge is 0.245 e. The number of para-hydroxylation sites is 1. The lowest BCUT2D eigenvalue weighted by Crippen LogP contribution is -2.30. The summed E-state index contributed by atoms with van der Waals surface area (Å²) in [5, 5.41) is 0. The first kappa shape index (κ1) is 13.3. The van der Waals surface area contributed by atoms with E-state index < -0.39 is 10.0 Å². The average Bonchev–Trinajstić information content (AvgIpc) is 2.70. The van der Waals surface area contributed by atoms with Crippen molar-refractivity contribution in [2.24, 2.45) is 17.7 Å². The van der Waals surface area contributed by atoms with Gasteiger partial charge in [0, 0.05) is 13.1 Å². The third-order valence-electron chi connectivity index (χ3n) is 3.62. The van der Waals surface area contributed by atoms with Gasteiger partial charge in [-0.05, 0) is 24.0 Å². The van der Waals surface area contributed by atoms with Crippen molar-refractivity contribution in [1.29, 1.82) is 0 Å². The lowest BCUT2D eigenvalue weighted by molar-refractivity contribution is 0.463. The summed E-state index contributed by atoms with van der Waals surface area (Å²) in [6.45, 7) is 5.30. The number of nitrogens with zero attached hydrogens (tertiary/aromatic N) is 1. The lowest BCUT2D eigenvalue weighted by atomic mass is 10.0. The molecule has 0 aliphatic carbocycles. The molecule has 0 aromatic heterocycles. The van der Waals surface area contributed by atoms with E-state index in [1.165, 1.54) is 0 Å². The predicted molar refractivity (Wildman–Crippen MR) is 71.3 cm³/mol. The van der Waals surface area contributed by atoms with E-state index in [2.05, 4.69) is 19.3 Å². The molecule has 1 aromatic rings. The molecule has 1 fully saturated rings. The van der Waals surface area contributed by atoms with E-state index in [4.69, 9.17) is 5.84 Å². The lowest BCUT2D eigenvalue weighted by Gasteiger charge is -2.18. The summed E-state index contributed by atoms with van der Waals surface area (Å²) in [6.07, 6.45) is 0. The van der Waals surface area contributed by atoms with Crippen LogP contribution in [0.3, 0.4) is 0 Å². The molecule has 1 aliphatic heterocycles. The summed E-state index contributed by atoms with van der Waals surface area (Å²) in [5.74, 6) is 6.14. The molecule has 2 atom stereocenters. The minimum atomic E-state index is -3.46. The van der Waals surface area contributed by atoms with Crippen molar-refractivity contribution >= 4 is 15.7 Å². The highest BCUT2D eigenvalue weighted by atomic mass is 32.2. The Labute approximate surface area is 108 Å². The average molecular weight is 269 g/mol. The van der Waals surface area contributed by atoms with E-state index in [0.29, 0.717) is 30.6 Å². The zero-order valence-corrected chi connectivity index (χ0v) is 11.4. The maximum Gasteiger partial charge on any atom is 0.245 e. The molecule has 0 bridgehead atoms. The molecular formula is C12H19N3O2S. The molecule has 0 radical (unpaired) electrons. The number of hydrazine groups is 1. The topological polar surface area (TPSA) is 75.4 Å². The maximum absolute atomic E-state index is 12.5. The Morgan fingerprint density at radius 1 is 1.22 bits per heavy atom. The van der Waals surface area contributed by atoms with Gasteiger partial charge in [0.15, 0.2) is 0 Å². The Bertz CT molecular complexity index is 520. The molecule has 3 N–H and O–H groups in total. The fraction of sp³-hybridized carbons (Fsp3) is 0.500. The van der Waals surface area contributed by atoms with Crippen LogP contribution in [0.4, 0.5) is 5.69 Å². The first-order chi connectivity index (χ1) is 8.46. The van der Waals surface area contributed by atoms with Crippen LogP contribution < -0.4 is 11.3 Å². The standard InChI is InChI=1S/C12H19N3O2S/c1-9-7-15(8-10(9)2)18(16,17)12-6-4-3-5-11(12)14-13/h3-6,9-10,14H,7-8,13H2,1-2H3. The van der Waals surface area contributed by atoms with Crippen LogP contribution in [-0.2, 0) is 10.0 Å². The number of anilines is 1. The Balaban J connectivity index is 2.37. The van der Waals surface area contributed by atoms with E-state index in [9.17, 15) is 8.42 Å². The molecular weight excluding hydrogens is 250 g/mol. The van der Waals surface area contributed by atoms with E-state index in [-0.39, 0.29) is 4.90 Å². The van der Waals surface area contributed by atoms with Gasteiger partial charge in [0.25, 0.3) is 0 Å². The van der Waals surface area contributed by atoms with Gasteiger partial charge in [0.2, 0.25) is 10.0 Å². The van der Waals surface area contributed by atoms with Crippen LogP contribution in [0.15, 0.2) is 29.2 Å². The largest absolute Gasteiger partial charge is 0.323 e. The van der Waals surface area contributed by atoms with E-state index in [1.807, 2.05) is 0 Å². The van der Waals surface area contributed by atoms with Gasteiger partial charge < -0.3 is 5.43 Å². The number of hydrogen-bond acceptors (Lipinski definition) is 4. The second kappa shape index (κ2) is 4.87. The molecule has 18 heavy (non-hydrogen) atoms. The number of nitrogen functional groups attached to an aromatic ring is 1. The van der Waals surface area contributed by atoms with Crippen molar-refractivity contribution in [2.75, 3.05) is 18.5 Å². The molecule has 0 saturated carbocycles. The van der Waals surface area contributed by atoms with Gasteiger partial charge >= 0.3 is 0 Å². The Kier molecular flexibility index (Phi) is 3.61. The predicted octanol–water partition coefficient (Wildman–Crippen LogP) is 1.25. The Morgan fingerprint density at radius 3 is 2.33 bits per heavy atom. The molecule has 2 unspecified atom stereocenters. The molecule has 6 heteroatoms. The number of hydrogen-bond donors (Lipinski definition) is 2. The monoisotopic (exact) mass is 269 g/mol. The second-order valence-electron chi connectivity index (χ2n) is 4.92. The summed E-state index contributed by atoms with van der Waals surface area (Å²) in [4.78, 5) is 0.244. The number of nitrogens with one attached hydrogen (secondary N) is 1. The minimum absolute atomic E-state index is 0.244. The number of rotatable bonds is 3. The van der Waals surface area contributed by atoms with Gasteiger partial charge in [-0.25, -0.2) is 8.42 Å².